The lowest BCUT2D eigenvalue weighted by atomic mass is 9.99. The SMILES string of the molecule is CC[C@H](C)NC(=O)CN1C(=O)CS[C@H](c2cccc(F)c2)c2c(-c3ccccc3)nn(-c3ccc(OC)cc3)c21. The van der Waals surface area contributed by atoms with Crippen LogP contribution in [0.5, 0.6) is 5.75 Å². The number of carbonyl (C=O) groups excluding carboxylic acids is 2. The fraction of sp³-hybridized carbons (Fsp3) is 0.258. The number of benzene rings is 3. The van der Waals surface area contributed by atoms with Gasteiger partial charge in [-0.1, -0.05) is 49.4 Å². The third kappa shape index (κ3) is 5.60. The Hall–Kier alpha value is -4.11. The molecule has 0 unspecified atom stereocenters. The fourth-order valence-electron chi connectivity index (χ4n) is 4.73. The van der Waals surface area contributed by atoms with E-state index in [4.69, 9.17) is 9.84 Å². The number of anilines is 1. The number of hydrogen-bond donors (Lipinski definition) is 1. The van der Waals surface area contributed by atoms with Gasteiger partial charge in [-0.2, -0.15) is 5.10 Å². The molecule has 1 N–H and O–H groups in total. The smallest absolute Gasteiger partial charge is 0.240 e. The van der Waals surface area contributed by atoms with Crippen LogP contribution >= 0.6 is 11.8 Å². The Labute approximate surface area is 237 Å². The number of aromatic nitrogens is 2. The van der Waals surface area contributed by atoms with E-state index in [1.165, 1.54) is 28.8 Å². The maximum atomic E-state index is 14.5. The number of fused-ring (bicyclic) bond motifs is 1. The molecule has 9 heteroatoms. The van der Waals surface area contributed by atoms with Crippen LogP contribution in [0.15, 0.2) is 78.9 Å². The first-order chi connectivity index (χ1) is 19.4. The average molecular weight is 559 g/mol. The van der Waals surface area contributed by atoms with E-state index in [-0.39, 0.29) is 36.0 Å². The van der Waals surface area contributed by atoms with Crippen molar-refractivity contribution in [3.8, 4) is 22.7 Å². The molecule has 0 saturated carbocycles. The van der Waals surface area contributed by atoms with Crippen molar-refractivity contribution in [1.82, 2.24) is 15.1 Å². The first-order valence-corrected chi connectivity index (χ1v) is 14.2. The molecule has 0 aliphatic carbocycles. The Morgan fingerprint density at radius 2 is 1.88 bits per heavy atom. The summed E-state index contributed by atoms with van der Waals surface area (Å²) in [4.78, 5) is 28.4. The zero-order valence-corrected chi connectivity index (χ0v) is 23.5. The molecule has 0 saturated heterocycles. The van der Waals surface area contributed by atoms with Gasteiger partial charge in [-0.05, 0) is 55.3 Å². The van der Waals surface area contributed by atoms with Gasteiger partial charge in [0.1, 0.15) is 23.9 Å². The first-order valence-electron chi connectivity index (χ1n) is 13.2. The Bertz CT molecular complexity index is 1510. The number of nitrogens with zero attached hydrogens (tertiary/aromatic N) is 3. The number of rotatable bonds is 8. The molecule has 1 aliphatic rings. The summed E-state index contributed by atoms with van der Waals surface area (Å²) in [5.41, 5.74) is 3.68. The van der Waals surface area contributed by atoms with Crippen molar-refractivity contribution >= 4 is 29.4 Å². The zero-order chi connectivity index (χ0) is 28.2. The van der Waals surface area contributed by atoms with E-state index < -0.39 is 5.25 Å². The molecule has 0 fully saturated rings. The molecule has 5 rings (SSSR count). The molecule has 2 amide bonds. The van der Waals surface area contributed by atoms with Crippen molar-refractivity contribution in [3.05, 3.63) is 95.8 Å². The van der Waals surface area contributed by atoms with Crippen LogP contribution in [0, 0.1) is 5.82 Å². The number of halogens is 1. The summed E-state index contributed by atoms with van der Waals surface area (Å²) < 4.78 is 21.5. The topological polar surface area (TPSA) is 76.5 Å². The summed E-state index contributed by atoms with van der Waals surface area (Å²) >= 11 is 1.41. The minimum absolute atomic E-state index is 0.0325. The van der Waals surface area contributed by atoms with Crippen LogP contribution < -0.4 is 15.0 Å². The van der Waals surface area contributed by atoms with Gasteiger partial charge in [0.15, 0.2) is 0 Å². The molecule has 1 aromatic heterocycles. The van der Waals surface area contributed by atoms with Crippen molar-refractivity contribution in [2.45, 2.75) is 31.6 Å². The normalized spacial score (nSPS) is 15.8. The molecule has 3 aromatic carbocycles. The van der Waals surface area contributed by atoms with Crippen LogP contribution in [0.1, 0.15) is 36.6 Å². The number of nitrogens with one attached hydrogen (secondary N) is 1. The minimum atomic E-state index is -0.403. The van der Waals surface area contributed by atoms with E-state index in [2.05, 4.69) is 5.32 Å². The van der Waals surface area contributed by atoms with E-state index in [0.29, 0.717) is 22.9 Å². The van der Waals surface area contributed by atoms with Crippen molar-refractivity contribution in [3.63, 3.8) is 0 Å². The monoisotopic (exact) mass is 558 g/mol. The highest BCUT2D eigenvalue weighted by Crippen LogP contribution is 2.48. The molecule has 2 atom stereocenters. The summed E-state index contributed by atoms with van der Waals surface area (Å²) in [5, 5.41) is 7.61. The van der Waals surface area contributed by atoms with Crippen LogP contribution in [0.25, 0.3) is 16.9 Å². The molecular formula is C31H31FN4O3S. The molecule has 40 heavy (non-hydrogen) atoms. The van der Waals surface area contributed by atoms with E-state index in [1.807, 2.05) is 74.5 Å². The van der Waals surface area contributed by atoms with Gasteiger partial charge in [-0.25, -0.2) is 9.07 Å². The molecule has 0 radical (unpaired) electrons. The highest BCUT2D eigenvalue weighted by molar-refractivity contribution is 8.00. The number of carbonyl (C=O) groups is 2. The second-order valence-corrected chi connectivity index (χ2v) is 10.8. The van der Waals surface area contributed by atoms with Gasteiger partial charge in [0.2, 0.25) is 11.8 Å². The van der Waals surface area contributed by atoms with Crippen LogP contribution in [0.2, 0.25) is 0 Å². The van der Waals surface area contributed by atoms with Gasteiger partial charge < -0.3 is 10.1 Å². The van der Waals surface area contributed by atoms with Gasteiger partial charge in [-0.3, -0.25) is 14.5 Å². The molecule has 0 bridgehead atoms. The number of ether oxygens (including phenoxy) is 1. The van der Waals surface area contributed by atoms with Crippen LogP contribution in [0.4, 0.5) is 10.2 Å². The standard InChI is InChI=1S/C31H31FN4O3S/c1-4-20(2)33-26(37)18-35-27(38)19-40-30(22-11-8-12-23(32)17-22)28-29(21-9-6-5-7-10-21)34-36(31(28)35)24-13-15-25(39-3)16-14-24/h5-17,20,30H,4,18-19H2,1-3H3,(H,33,37)/t20-,30+/m0/s1. The van der Waals surface area contributed by atoms with E-state index in [9.17, 15) is 14.0 Å². The minimum Gasteiger partial charge on any atom is -0.497 e. The number of methoxy groups -OCH3 is 1. The summed E-state index contributed by atoms with van der Waals surface area (Å²) in [6, 6.07) is 23.5. The Balaban J connectivity index is 1.77. The molecule has 7 nitrogen and oxygen atoms in total. The quantitative estimate of drug-likeness (QED) is 0.297. The molecule has 206 valence electrons. The van der Waals surface area contributed by atoms with Gasteiger partial charge in [-0.15, -0.1) is 11.8 Å². The maximum absolute atomic E-state index is 14.5. The lowest BCUT2D eigenvalue weighted by Gasteiger charge is -2.24. The van der Waals surface area contributed by atoms with Crippen LogP contribution in [-0.2, 0) is 9.59 Å². The summed E-state index contributed by atoms with van der Waals surface area (Å²) in [6.45, 7) is 3.76. The molecule has 4 aromatic rings. The molecule has 1 aliphatic heterocycles. The van der Waals surface area contributed by atoms with Crippen molar-refractivity contribution < 1.29 is 18.7 Å². The predicted octanol–water partition coefficient (Wildman–Crippen LogP) is 5.77. The number of amides is 2. The Morgan fingerprint density at radius 3 is 2.55 bits per heavy atom. The van der Waals surface area contributed by atoms with Crippen molar-refractivity contribution in [1.29, 1.82) is 0 Å². The lowest BCUT2D eigenvalue weighted by molar-refractivity contribution is -0.123. The summed E-state index contributed by atoms with van der Waals surface area (Å²) in [5.74, 6) is 0.449. The largest absolute Gasteiger partial charge is 0.497 e. The van der Waals surface area contributed by atoms with E-state index >= 15 is 0 Å². The highest BCUT2D eigenvalue weighted by atomic mass is 32.2. The van der Waals surface area contributed by atoms with Gasteiger partial charge in [0.05, 0.1) is 29.5 Å². The third-order valence-electron chi connectivity index (χ3n) is 6.93. The van der Waals surface area contributed by atoms with Crippen LogP contribution in [0.3, 0.4) is 0 Å². The lowest BCUT2D eigenvalue weighted by Crippen LogP contribution is -2.44. The second kappa shape index (κ2) is 12.0. The Kier molecular flexibility index (Phi) is 8.21. The number of hydrogen-bond acceptors (Lipinski definition) is 5. The van der Waals surface area contributed by atoms with Gasteiger partial charge in [0.25, 0.3) is 0 Å². The molecule has 0 spiro atoms. The Morgan fingerprint density at radius 1 is 1.12 bits per heavy atom. The summed E-state index contributed by atoms with van der Waals surface area (Å²) in [6.07, 6.45) is 0.768. The van der Waals surface area contributed by atoms with E-state index in [0.717, 1.165) is 23.1 Å². The average Bonchev–Trinajstić information content (AvgIpc) is 3.30. The van der Waals surface area contributed by atoms with Gasteiger partial charge >= 0.3 is 0 Å². The van der Waals surface area contributed by atoms with Crippen LogP contribution in [-0.4, -0.2) is 47.0 Å². The summed E-state index contributed by atoms with van der Waals surface area (Å²) in [7, 11) is 1.60. The second-order valence-electron chi connectivity index (χ2n) is 9.66. The third-order valence-corrected chi connectivity index (χ3v) is 8.18. The van der Waals surface area contributed by atoms with E-state index in [1.54, 1.807) is 17.9 Å². The highest BCUT2D eigenvalue weighted by Gasteiger charge is 2.37. The number of thioether (sulfide) groups is 1. The maximum Gasteiger partial charge on any atom is 0.240 e. The molecular weight excluding hydrogens is 527 g/mol. The first kappa shape index (κ1) is 27.5. The zero-order valence-electron chi connectivity index (χ0n) is 22.6. The predicted molar refractivity (Wildman–Crippen MR) is 157 cm³/mol. The van der Waals surface area contributed by atoms with Crippen molar-refractivity contribution in [2.24, 2.45) is 0 Å². The molecule has 2 heterocycles. The fourth-order valence-corrected chi connectivity index (χ4v) is 5.92. The van der Waals surface area contributed by atoms with Crippen molar-refractivity contribution in [2.75, 3.05) is 24.3 Å². The van der Waals surface area contributed by atoms with Gasteiger partial charge in [0, 0.05) is 17.2 Å².